The summed E-state index contributed by atoms with van der Waals surface area (Å²) in [7, 11) is 0. The maximum Gasteiger partial charge on any atom is 0.225 e. The summed E-state index contributed by atoms with van der Waals surface area (Å²) < 4.78 is 10.7. The van der Waals surface area contributed by atoms with Crippen LogP contribution in [0, 0.1) is 25.7 Å². The standard InChI is InChI=1S/C18H29N3O3/c1-12(9-16-14(3)19-24-15(16)4)18(22)21-10-13(2)17(11-21)20-5-7-23-8-6-20/h12-13,17H,5-11H2,1-4H3/t12-,13+,17-/m0/s1. The topological polar surface area (TPSA) is 58.8 Å². The quantitative estimate of drug-likeness (QED) is 0.837. The highest BCUT2D eigenvalue weighted by molar-refractivity contribution is 5.79. The van der Waals surface area contributed by atoms with Crippen molar-refractivity contribution >= 4 is 5.91 Å². The first-order chi connectivity index (χ1) is 11.5. The summed E-state index contributed by atoms with van der Waals surface area (Å²) in [4.78, 5) is 17.4. The highest BCUT2D eigenvalue weighted by atomic mass is 16.5. The molecule has 24 heavy (non-hydrogen) atoms. The van der Waals surface area contributed by atoms with Gasteiger partial charge in [-0.2, -0.15) is 0 Å². The molecule has 6 nitrogen and oxygen atoms in total. The SMILES string of the molecule is Cc1noc(C)c1C[C@H](C)C(=O)N1C[C@@H](C)[C@@H](N2CCOCC2)C1. The average Bonchev–Trinajstić information content (AvgIpc) is 3.12. The van der Waals surface area contributed by atoms with E-state index in [0.29, 0.717) is 18.4 Å². The molecule has 0 saturated carbocycles. The Morgan fingerprint density at radius 1 is 1.29 bits per heavy atom. The van der Waals surface area contributed by atoms with E-state index in [2.05, 4.69) is 17.0 Å². The van der Waals surface area contributed by atoms with E-state index in [4.69, 9.17) is 9.26 Å². The van der Waals surface area contributed by atoms with E-state index in [1.54, 1.807) is 0 Å². The van der Waals surface area contributed by atoms with Gasteiger partial charge < -0.3 is 14.2 Å². The predicted molar refractivity (Wildman–Crippen MR) is 90.8 cm³/mol. The minimum atomic E-state index is -0.0440. The zero-order valence-electron chi connectivity index (χ0n) is 15.2. The van der Waals surface area contributed by atoms with Crippen molar-refractivity contribution in [3.8, 4) is 0 Å². The number of likely N-dealkylation sites (tertiary alicyclic amines) is 1. The Hall–Kier alpha value is -1.40. The van der Waals surface area contributed by atoms with Crippen molar-refractivity contribution in [1.29, 1.82) is 0 Å². The van der Waals surface area contributed by atoms with Gasteiger partial charge in [0, 0.05) is 43.7 Å². The molecule has 0 N–H and O–H groups in total. The summed E-state index contributed by atoms with van der Waals surface area (Å²) in [5.41, 5.74) is 1.97. The van der Waals surface area contributed by atoms with E-state index in [1.807, 2.05) is 25.7 Å². The normalized spacial score (nSPS) is 26.8. The lowest BCUT2D eigenvalue weighted by Crippen LogP contribution is -2.47. The summed E-state index contributed by atoms with van der Waals surface area (Å²) in [6, 6.07) is 0.462. The molecule has 1 aromatic heterocycles. The molecule has 0 aliphatic carbocycles. The van der Waals surface area contributed by atoms with Gasteiger partial charge in [0.05, 0.1) is 18.9 Å². The molecule has 2 aliphatic rings. The van der Waals surface area contributed by atoms with E-state index >= 15 is 0 Å². The molecular formula is C18H29N3O3. The van der Waals surface area contributed by atoms with E-state index in [0.717, 1.165) is 56.4 Å². The molecule has 1 amide bonds. The molecule has 3 heterocycles. The number of morpholine rings is 1. The lowest BCUT2D eigenvalue weighted by atomic mass is 9.98. The summed E-state index contributed by atoms with van der Waals surface area (Å²) in [5.74, 6) is 1.54. The van der Waals surface area contributed by atoms with Crippen LogP contribution in [-0.4, -0.2) is 66.3 Å². The van der Waals surface area contributed by atoms with Crippen LogP contribution in [0.4, 0.5) is 0 Å². The largest absolute Gasteiger partial charge is 0.379 e. The predicted octanol–water partition coefficient (Wildman–Crippen LogP) is 1.65. The fourth-order valence-electron chi connectivity index (χ4n) is 4.01. The fraction of sp³-hybridized carbons (Fsp3) is 0.778. The van der Waals surface area contributed by atoms with Crippen molar-refractivity contribution in [1.82, 2.24) is 15.0 Å². The molecule has 2 fully saturated rings. The zero-order valence-corrected chi connectivity index (χ0v) is 15.2. The van der Waals surface area contributed by atoms with Crippen LogP contribution in [0.3, 0.4) is 0 Å². The van der Waals surface area contributed by atoms with Gasteiger partial charge in [-0.25, -0.2) is 0 Å². The van der Waals surface area contributed by atoms with Gasteiger partial charge in [0.25, 0.3) is 0 Å². The highest BCUT2D eigenvalue weighted by Gasteiger charge is 2.37. The van der Waals surface area contributed by atoms with Gasteiger partial charge in [-0.3, -0.25) is 9.69 Å². The Balaban J connectivity index is 1.60. The summed E-state index contributed by atoms with van der Waals surface area (Å²) in [6.45, 7) is 13.4. The first kappa shape index (κ1) is 17.4. The third kappa shape index (κ3) is 3.49. The number of hydrogen-bond donors (Lipinski definition) is 0. The summed E-state index contributed by atoms with van der Waals surface area (Å²) in [5, 5.41) is 3.99. The molecule has 6 heteroatoms. The lowest BCUT2D eigenvalue weighted by Gasteiger charge is -2.34. The number of rotatable bonds is 4. The molecule has 134 valence electrons. The molecule has 0 spiro atoms. The maximum absolute atomic E-state index is 12.9. The molecule has 3 rings (SSSR count). The Morgan fingerprint density at radius 2 is 2.00 bits per heavy atom. The van der Waals surface area contributed by atoms with Gasteiger partial charge in [0.1, 0.15) is 5.76 Å². The Labute approximate surface area is 144 Å². The molecule has 0 aromatic carbocycles. The number of hydrogen-bond acceptors (Lipinski definition) is 5. The van der Waals surface area contributed by atoms with E-state index < -0.39 is 0 Å². The van der Waals surface area contributed by atoms with Crippen LogP contribution in [0.2, 0.25) is 0 Å². The van der Waals surface area contributed by atoms with E-state index in [-0.39, 0.29) is 11.8 Å². The van der Waals surface area contributed by atoms with Crippen molar-refractivity contribution in [2.24, 2.45) is 11.8 Å². The molecular weight excluding hydrogens is 306 g/mol. The molecule has 2 saturated heterocycles. The second kappa shape index (κ2) is 7.23. The number of carbonyl (C=O) groups is 1. The van der Waals surface area contributed by atoms with Crippen LogP contribution in [-0.2, 0) is 16.0 Å². The number of aryl methyl sites for hydroxylation is 2. The van der Waals surface area contributed by atoms with Crippen molar-refractivity contribution in [2.45, 2.75) is 40.2 Å². The van der Waals surface area contributed by atoms with E-state index in [1.165, 1.54) is 0 Å². The van der Waals surface area contributed by atoms with Crippen molar-refractivity contribution in [3.63, 3.8) is 0 Å². The van der Waals surface area contributed by atoms with Crippen molar-refractivity contribution in [3.05, 3.63) is 17.0 Å². The van der Waals surface area contributed by atoms with Crippen LogP contribution >= 0.6 is 0 Å². The summed E-state index contributed by atoms with van der Waals surface area (Å²) in [6.07, 6.45) is 0.701. The third-order valence-electron chi connectivity index (χ3n) is 5.51. The minimum Gasteiger partial charge on any atom is -0.379 e. The second-order valence-electron chi connectivity index (χ2n) is 7.34. The molecule has 0 bridgehead atoms. The number of aromatic nitrogens is 1. The highest BCUT2D eigenvalue weighted by Crippen LogP contribution is 2.25. The van der Waals surface area contributed by atoms with Gasteiger partial charge >= 0.3 is 0 Å². The molecule has 0 radical (unpaired) electrons. The smallest absolute Gasteiger partial charge is 0.225 e. The van der Waals surface area contributed by atoms with Gasteiger partial charge in [-0.1, -0.05) is 19.0 Å². The monoisotopic (exact) mass is 335 g/mol. The number of amides is 1. The van der Waals surface area contributed by atoms with Crippen LogP contribution < -0.4 is 0 Å². The maximum atomic E-state index is 12.9. The average molecular weight is 335 g/mol. The third-order valence-corrected chi connectivity index (χ3v) is 5.51. The zero-order chi connectivity index (χ0) is 17.3. The van der Waals surface area contributed by atoms with Crippen molar-refractivity contribution in [2.75, 3.05) is 39.4 Å². The van der Waals surface area contributed by atoms with Gasteiger partial charge in [0.2, 0.25) is 5.91 Å². The Kier molecular flexibility index (Phi) is 5.25. The molecule has 1 aromatic rings. The van der Waals surface area contributed by atoms with Gasteiger partial charge in [0.15, 0.2) is 0 Å². The Morgan fingerprint density at radius 3 is 2.62 bits per heavy atom. The first-order valence-electron chi connectivity index (χ1n) is 8.99. The van der Waals surface area contributed by atoms with Gasteiger partial charge in [-0.05, 0) is 26.2 Å². The Bertz CT molecular complexity index is 561. The van der Waals surface area contributed by atoms with Crippen LogP contribution in [0.25, 0.3) is 0 Å². The number of nitrogens with zero attached hydrogens (tertiary/aromatic N) is 3. The van der Waals surface area contributed by atoms with Crippen molar-refractivity contribution < 1.29 is 14.1 Å². The minimum absolute atomic E-state index is 0.0440. The fourth-order valence-corrected chi connectivity index (χ4v) is 4.01. The van der Waals surface area contributed by atoms with Crippen LogP contribution in [0.5, 0.6) is 0 Å². The van der Waals surface area contributed by atoms with E-state index in [9.17, 15) is 4.79 Å². The van der Waals surface area contributed by atoms with Gasteiger partial charge in [-0.15, -0.1) is 0 Å². The van der Waals surface area contributed by atoms with Crippen LogP contribution in [0.1, 0.15) is 30.9 Å². The molecule has 0 unspecified atom stereocenters. The first-order valence-corrected chi connectivity index (χ1v) is 8.99. The second-order valence-corrected chi connectivity index (χ2v) is 7.34. The number of ether oxygens (including phenoxy) is 1. The van der Waals surface area contributed by atoms with Crippen LogP contribution in [0.15, 0.2) is 4.52 Å². The summed E-state index contributed by atoms with van der Waals surface area (Å²) >= 11 is 0. The molecule has 3 atom stereocenters. The lowest BCUT2D eigenvalue weighted by molar-refractivity contribution is -0.134. The molecule has 2 aliphatic heterocycles. The number of carbonyl (C=O) groups excluding carboxylic acids is 1.